The molecule has 2 aromatic carbocycles. The average molecular weight is 510 g/mol. The molecule has 1 amide bonds. The van der Waals surface area contributed by atoms with E-state index in [2.05, 4.69) is 42.4 Å². The Morgan fingerprint density at radius 1 is 1.08 bits per heavy atom. The first-order valence-electron chi connectivity index (χ1n) is 12.8. The molecule has 0 atom stereocenters. The lowest BCUT2D eigenvalue weighted by Crippen LogP contribution is -2.35. The molecule has 0 aliphatic carbocycles. The lowest BCUT2D eigenvalue weighted by molar-refractivity contribution is 0.0727. The van der Waals surface area contributed by atoms with Crippen LogP contribution in [-0.4, -0.2) is 28.9 Å². The van der Waals surface area contributed by atoms with Gasteiger partial charge in [-0.25, -0.2) is 4.98 Å². The Labute approximate surface area is 221 Å². The van der Waals surface area contributed by atoms with Crippen molar-refractivity contribution in [3.63, 3.8) is 0 Å². The number of nitriles is 1. The molecule has 0 saturated carbocycles. The number of carbonyl (C=O) groups excluding carboxylic acids is 1. The fourth-order valence-electron chi connectivity index (χ4n) is 4.85. The van der Waals surface area contributed by atoms with E-state index in [0.717, 1.165) is 64.4 Å². The van der Waals surface area contributed by atoms with Crippen LogP contribution in [0.2, 0.25) is 0 Å². The summed E-state index contributed by atoms with van der Waals surface area (Å²) in [6.07, 6.45) is 3.13. The Balaban J connectivity index is 1.72. The van der Waals surface area contributed by atoms with Crippen LogP contribution in [0.25, 0.3) is 21.3 Å². The molecule has 1 aliphatic heterocycles. The van der Waals surface area contributed by atoms with Crippen LogP contribution in [0.15, 0.2) is 48.5 Å². The third kappa shape index (κ3) is 4.77. The van der Waals surface area contributed by atoms with Crippen LogP contribution in [0.5, 0.6) is 0 Å². The molecule has 0 unspecified atom stereocenters. The number of likely N-dealkylation sites (tertiary alicyclic amines) is 1. The molecular formula is C30H31N5OS. The molecule has 5 rings (SSSR count). The molecule has 1 fully saturated rings. The number of nitrogens with one attached hydrogen (secondary N) is 1. The van der Waals surface area contributed by atoms with Gasteiger partial charge in [-0.05, 0) is 55.4 Å². The van der Waals surface area contributed by atoms with Crippen LogP contribution in [0, 0.1) is 18.3 Å². The fraction of sp³-hybridized carbons (Fsp3) is 0.300. The van der Waals surface area contributed by atoms with Crippen LogP contribution in [0.4, 0.5) is 16.5 Å². The van der Waals surface area contributed by atoms with Gasteiger partial charge in [0.2, 0.25) is 0 Å². The van der Waals surface area contributed by atoms with Crippen molar-refractivity contribution in [2.45, 2.75) is 46.0 Å². The smallest absolute Gasteiger partial charge is 0.259 e. The summed E-state index contributed by atoms with van der Waals surface area (Å²) in [6, 6.07) is 18.6. The van der Waals surface area contributed by atoms with Crippen molar-refractivity contribution in [2.24, 2.45) is 0 Å². The third-order valence-electron chi connectivity index (χ3n) is 6.99. The normalized spacial score (nSPS) is 13.6. The van der Waals surface area contributed by atoms with Crippen molar-refractivity contribution in [3.05, 3.63) is 70.8 Å². The number of pyridine rings is 1. The number of fused-ring (bicyclic) bond motifs is 1. The number of nitrogen functional groups attached to an aromatic ring is 1. The van der Waals surface area contributed by atoms with Gasteiger partial charge >= 0.3 is 0 Å². The number of piperidine rings is 1. The number of carbonyl (C=O) groups is 1. The fourth-order valence-corrected chi connectivity index (χ4v) is 6.07. The molecule has 1 saturated heterocycles. The van der Waals surface area contributed by atoms with Crippen molar-refractivity contribution in [1.29, 1.82) is 5.26 Å². The Bertz CT molecular complexity index is 1490. The lowest BCUT2D eigenvalue weighted by Gasteiger charge is -2.27. The minimum absolute atomic E-state index is 0.0429. The zero-order valence-corrected chi connectivity index (χ0v) is 22.3. The Hall–Kier alpha value is -3.89. The summed E-state index contributed by atoms with van der Waals surface area (Å²) in [5, 5.41) is 14.2. The van der Waals surface area contributed by atoms with Crippen LogP contribution in [-0.2, 0) is 0 Å². The molecule has 3 heterocycles. The van der Waals surface area contributed by atoms with Crippen molar-refractivity contribution in [1.82, 2.24) is 9.88 Å². The highest BCUT2D eigenvalue weighted by Gasteiger charge is 2.29. The van der Waals surface area contributed by atoms with Crippen molar-refractivity contribution in [2.75, 3.05) is 24.1 Å². The number of nitrogens with two attached hydrogens (primary N) is 1. The summed E-state index contributed by atoms with van der Waals surface area (Å²) >= 11 is 1.46. The second kappa shape index (κ2) is 10.2. The number of hydrogen-bond donors (Lipinski definition) is 2. The van der Waals surface area contributed by atoms with Gasteiger partial charge in [0.05, 0.1) is 10.2 Å². The highest BCUT2D eigenvalue weighted by atomic mass is 32.1. The standard InChI is InChI=1S/C30H31N5OS/c1-18(2)20-11-13-22(14-12-20)33-29-25(30(36)35-15-5-4-6-16-35)26-27(37-29)24(23(17-31)28(32)34-26)21-9-7-19(3)8-10-21/h7-14,18,33H,4-6,15-16H2,1-3H3,(H2,32,34). The molecule has 7 heteroatoms. The predicted molar refractivity (Wildman–Crippen MR) is 152 cm³/mol. The van der Waals surface area contributed by atoms with Gasteiger partial charge in [0.1, 0.15) is 28.0 Å². The summed E-state index contributed by atoms with van der Waals surface area (Å²) in [5.41, 5.74) is 12.6. The second-order valence-corrected chi connectivity index (χ2v) is 11.0. The van der Waals surface area contributed by atoms with E-state index in [9.17, 15) is 10.1 Å². The van der Waals surface area contributed by atoms with E-state index in [4.69, 9.17) is 5.73 Å². The van der Waals surface area contributed by atoms with Gasteiger partial charge in [-0.15, -0.1) is 11.3 Å². The van der Waals surface area contributed by atoms with Crippen molar-refractivity contribution < 1.29 is 4.79 Å². The summed E-state index contributed by atoms with van der Waals surface area (Å²) in [5.74, 6) is 0.533. The lowest BCUT2D eigenvalue weighted by atomic mass is 9.98. The van der Waals surface area contributed by atoms with Gasteiger partial charge in [0.25, 0.3) is 5.91 Å². The maximum atomic E-state index is 13.9. The van der Waals surface area contributed by atoms with Gasteiger partial charge in [0.15, 0.2) is 0 Å². The second-order valence-electron chi connectivity index (χ2n) is 9.96. The third-order valence-corrected chi connectivity index (χ3v) is 8.10. The molecule has 1 aliphatic rings. The maximum absolute atomic E-state index is 13.9. The summed E-state index contributed by atoms with van der Waals surface area (Å²) in [7, 11) is 0. The van der Waals surface area contributed by atoms with Gasteiger partial charge in [-0.1, -0.05) is 55.8 Å². The van der Waals surface area contributed by atoms with Crippen LogP contribution >= 0.6 is 11.3 Å². The quantitative estimate of drug-likeness (QED) is 0.296. The predicted octanol–water partition coefficient (Wildman–Crippen LogP) is 7.22. The Morgan fingerprint density at radius 3 is 2.38 bits per heavy atom. The number of rotatable bonds is 5. The SMILES string of the molecule is Cc1ccc(-c2c(C#N)c(N)nc3c(C(=O)N4CCCCC4)c(Nc4ccc(C(C)C)cc4)sc23)cc1. The molecule has 0 radical (unpaired) electrons. The zero-order chi connectivity index (χ0) is 26.1. The molecule has 4 aromatic rings. The number of thiophene rings is 1. The number of aromatic nitrogens is 1. The van der Waals surface area contributed by atoms with E-state index >= 15 is 0 Å². The first kappa shape index (κ1) is 24.8. The minimum atomic E-state index is -0.0429. The van der Waals surface area contributed by atoms with Crippen LogP contribution < -0.4 is 11.1 Å². The zero-order valence-electron chi connectivity index (χ0n) is 21.5. The van der Waals surface area contributed by atoms with Crippen LogP contribution in [0.3, 0.4) is 0 Å². The van der Waals surface area contributed by atoms with Gasteiger partial charge in [-0.2, -0.15) is 5.26 Å². The van der Waals surface area contributed by atoms with E-state index in [1.54, 1.807) is 0 Å². The molecule has 0 bridgehead atoms. The van der Waals surface area contributed by atoms with Crippen molar-refractivity contribution in [3.8, 4) is 17.2 Å². The first-order chi connectivity index (χ1) is 17.9. The Morgan fingerprint density at radius 2 is 1.76 bits per heavy atom. The molecule has 3 N–H and O–H groups in total. The monoisotopic (exact) mass is 509 g/mol. The van der Waals surface area contributed by atoms with Gasteiger partial charge in [-0.3, -0.25) is 4.79 Å². The Kier molecular flexibility index (Phi) is 6.86. The average Bonchev–Trinajstić information content (AvgIpc) is 3.25. The molecule has 2 aromatic heterocycles. The van der Waals surface area contributed by atoms with Gasteiger partial charge in [0, 0.05) is 24.3 Å². The number of amides is 1. The van der Waals surface area contributed by atoms with E-state index in [1.807, 2.05) is 48.2 Å². The summed E-state index contributed by atoms with van der Waals surface area (Å²) in [6.45, 7) is 7.82. The number of benzene rings is 2. The summed E-state index contributed by atoms with van der Waals surface area (Å²) < 4.78 is 0.788. The van der Waals surface area contributed by atoms with E-state index < -0.39 is 0 Å². The molecule has 37 heavy (non-hydrogen) atoms. The largest absolute Gasteiger partial charge is 0.383 e. The topological polar surface area (TPSA) is 95.0 Å². The maximum Gasteiger partial charge on any atom is 0.259 e. The summed E-state index contributed by atoms with van der Waals surface area (Å²) in [4.78, 5) is 20.5. The first-order valence-corrected chi connectivity index (χ1v) is 13.6. The van der Waals surface area contributed by atoms with E-state index in [-0.39, 0.29) is 11.7 Å². The van der Waals surface area contributed by atoms with Gasteiger partial charge < -0.3 is 16.0 Å². The highest BCUT2D eigenvalue weighted by molar-refractivity contribution is 7.24. The number of aryl methyl sites for hydroxylation is 1. The number of anilines is 3. The number of hydrogen-bond acceptors (Lipinski definition) is 6. The molecule has 6 nitrogen and oxygen atoms in total. The van der Waals surface area contributed by atoms with Crippen molar-refractivity contribution >= 4 is 44.0 Å². The minimum Gasteiger partial charge on any atom is -0.383 e. The van der Waals surface area contributed by atoms with E-state index in [0.29, 0.717) is 22.6 Å². The molecule has 188 valence electrons. The molecule has 0 spiro atoms. The highest BCUT2D eigenvalue weighted by Crippen LogP contribution is 2.45. The van der Waals surface area contributed by atoms with E-state index in [1.165, 1.54) is 16.9 Å². The molecular weight excluding hydrogens is 478 g/mol. The number of nitrogens with zero attached hydrogens (tertiary/aromatic N) is 3. The van der Waals surface area contributed by atoms with Crippen LogP contribution in [0.1, 0.15) is 66.1 Å².